The molecular weight excluding hydrogens is 375 g/mol. The molecule has 0 aliphatic heterocycles. The van der Waals surface area contributed by atoms with Crippen LogP contribution >= 0.6 is 38.5 Å². The van der Waals surface area contributed by atoms with Crippen molar-refractivity contribution in [1.29, 1.82) is 0 Å². The highest BCUT2D eigenvalue weighted by Crippen LogP contribution is 2.28. The van der Waals surface area contributed by atoms with E-state index in [1.54, 1.807) is 0 Å². The van der Waals surface area contributed by atoms with Crippen LogP contribution in [0.5, 0.6) is 0 Å². The Morgan fingerprint density at radius 2 is 1.94 bits per heavy atom. The van der Waals surface area contributed by atoms with Crippen LogP contribution in [0.15, 0.2) is 46.1 Å². The molecule has 1 aromatic rings. The van der Waals surface area contributed by atoms with E-state index in [1.807, 2.05) is 0 Å². The van der Waals surface area contributed by atoms with Gasteiger partial charge in [0.2, 0.25) is 0 Å². The molecule has 0 unspecified atom stereocenters. The van der Waals surface area contributed by atoms with E-state index in [1.165, 1.54) is 14.7 Å². The number of benzene rings is 1. The largest absolute Gasteiger partial charge is 0.0925 e. The van der Waals surface area contributed by atoms with Gasteiger partial charge in [0.05, 0.1) is 0 Å². The highest BCUT2D eigenvalue weighted by molar-refractivity contribution is 14.1. The van der Waals surface area contributed by atoms with E-state index in [0.717, 1.165) is 18.2 Å². The van der Waals surface area contributed by atoms with Crippen LogP contribution in [0, 0.1) is 0 Å². The van der Waals surface area contributed by atoms with E-state index in [9.17, 15) is 0 Å². The van der Waals surface area contributed by atoms with Crippen LogP contribution in [0.25, 0.3) is 5.57 Å². The van der Waals surface area contributed by atoms with Gasteiger partial charge < -0.3 is 0 Å². The molecular formula is C14H16BrI. The minimum atomic E-state index is 1.01. The lowest BCUT2D eigenvalue weighted by Gasteiger charge is -2.07. The summed E-state index contributed by atoms with van der Waals surface area (Å²) in [6.07, 6.45) is 6.72. The van der Waals surface area contributed by atoms with Crippen molar-refractivity contribution >= 4 is 44.1 Å². The van der Waals surface area contributed by atoms with Crippen molar-refractivity contribution in [3.8, 4) is 0 Å². The second-order valence-electron chi connectivity index (χ2n) is 3.42. The summed E-state index contributed by atoms with van der Waals surface area (Å²) >= 11 is 5.90. The summed E-state index contributed by atoms with van der Waals surface area (Å²) in [5.74, 6) is 0. The minimum Gasteiger partial charge on any atom is -0.0925 e. The fourth-order valence-corrected chi connectivity index (χ4v) is 2.66. The van der Waals surface area contributed by atoms with Crippen molar-refractivity contribution in [3.05, 3.63) is 51.6 Å². The first-order chi connectivity index (χ1) is 7.79. The number of halogens is 2. The zero-order valence-electron chi connectivity index (χ0n) is 9.42. The second-order valence-corrected chi connectivity index (χ2v) is 5.38. The molecule has 0 amide bonds. The highest BCUT2D eigenvalue weighted by atomic mass is 127. The van der Waals surface area contributed by atoms with Gasteiger partial charge in [-0.3, -0.25) is 0 Å². The van der Waals surface area contributed by atoms with E-state index in [4.69, 9.17) is 0 Å². The summed E-state index contributed by atoms with van der Waals surface area (Å²) in [4.78, 5) is 0. The molecule has 0 aromatic heterocycles. The van der Waals surface area contributed by atoms with Crippen molar-refractivity contribution < 1.29 is 0 Å². The molecule has 2 heteroatoms. The summed E-state index contributed by atoms with van der Waals surface area (Å²) in [7, 11) is 0. The van der Waals surface area contributed by atoms with Gasteiger partial charge in [0.25, 0.3) is 0 Å². The normalized spacial score (nSPS) is 12.9. The predicted molar refractivity (Wildman–Crippen MR) is 85.2 cm³/mol. The number of hydrogen-bond donors (Lipinski definition) is 0. The van der Waals surface area contributed by atoms with E-state index in [-0.39, 0.29) is 0 Å². The van der Waals surface area contributed by atoms with Crippen LogP contribution in [0.1, 0.15) is 25.3 Å². The predicted octanol–water partition coefficient (Wildman–Crippen LogP) is 5.58. The monoisotopic (exact) mass is 390 g/mol. The van der Waals surface area contributed by atoms with Crippen molar-refractivity contribution in [1.82, 2.24) is 0 Å². The Bertz CT molecular complexity index is 366. The maximum absolute atomic E-state index is 3.47. The summed E-state index contributed by atoms with van der Waals surface area (Å²) in [6.45, 7) is 2.17. The lowest BCUT2D eigenvalue weighted by Crippen LogP contribution is -1.85. The van der Waals surface area contributed by atoms with Gasteiger partial charge in [-0.05, 0) is 46.6 Å². The minimum absolute atomic E-state index is 1.01. The van der Waals surface area contributed by atoms with E-state index in [0.29, 0.717) is 0 Å². The Morgan fingerprint density at radius 1 is 1.25 bits per heavy atom. The van der Waals surface area contributed by atoms with E-state index >= 15 is 0 Å². The van der Waals surface area contributed by atoms with Gasteiger partial charge in [-0.25, -0.2) is 0 Å². The second kappa shape index (κ2) is 8.07. The third kappa shape index (κ3) is 4.42. The fraction of sp³-hybridized carbons (Fsp3) is 0.286. The van der Waals surface area contributed by atoms with Crippen molar-refractivity contribution in [2.24, 2.45) is 0 Å². The van der Waals surface area contributed by atoms with Gasteiger partial charge in [-0.15, -0.1) is 0 Å². The molecule has 0 bridgehead atoms. The van der Waals surface area contributed by atoms with Crippen LogP contribution < -0.4 is 0 Å². The molecule has 0 saturated heterocycles. The van der Waals surface area contributed by atoms with Crippen LogP contribution in [0.3, 0.4) is 0 Å². The van der Waals surface area contributed by atoms with E-state index in [2.05, 4.69) is 87.9 Å². The Balaban J connectivity index is 3.02. The molecule has 0 N–H and O–H groups in total. The van der Waals surface area contributed by atoms with E-state index < -0.39 is 0 Å². The lowest BCUT2D eigenvalue weighted by atomic mass is 10.0. The van der Waals surface area contributed by atoms with Crippen molar-refractivity contribution in [3.63, 3.8) is 0 Å². The zero-order valence-corrected chi connectivity index (χ0v) is 13.2. The molecule has 0 saturated carbocycles. The summed E-state index contributed by atoms with van der Waals surface area (Å²) in [5, 5.41) is 1.01. The van der Waals surface area contributed by atoms with Gasteiger partial charge in [-0.1, -0.05) is 65.3 Å². The molecule has 0 nitrogen and oxygen atoms in total. The van der Waals surface area contributed by atoms with Gasteiger partial charge >= 0.3 is 0 Å². The SMILES string of the molecule is CC/C=C(I)/C(=C\CCBr)c1ccccc1. The molecule has 86 valence electrons. The summed E-state index contributed by atoms with van der Waals surface area (Å²) in [6, 6.07) is 10.6. The van der Waals surface area contributed by atoms with Crippen LogP contribution in [-0.4, -0.2) is 5.33 Å². The molecule has 0 fully saturated rings. The first kappa shape index (κ1) is 14.0. The fourth-order valence-electron chi connectivity index (χ4n) is 1.46. The number of alkyl halides is 1. The molecule has 0 aliphatic rings. The Hall–Kier alpha value is -0.0900. The average Bonchev–Trinajstić information content (AvgIpc) is 2.31. The first-order valence-electron chi connectivity index (χ1n) is 5.47. The Kier molecular flexibility index (Phi) is 7.05. The smallest absolute Gasteiger partial charge is 0.0165 e. The highest BCUT2D eigenvalue weighted by Gasteiger charge is 2.03. The Morgan fingerprint density at radius 3 is 2.50 bits per heavy atom. The molecule has 0 radical (unpaired) electrons. The quantitative estimate of drug-likeness (QED) is 0.349. The van der Waals surface area contributed by atoms with Gasteiger partial charge in [0.15, 0.2) is 0 Å². The van der Waals surface area contributed by atoms with Gasteiger partial charge in [0.1, 0.15) is 0 Å². The van der Waals surface area contributed by atoms with Gasteiger partial charge in [-0.2, -0.15) is 0 Å². The number of rotatable bonds is 5. The van der Waals surface area contributed by atoms with Crippen LogP contribution in [0.2, 0.25) is 0 Å². The van der Waals surface area contributed by atoms with Crippen molar-refractivity contribution in [2.75, 3.05) is 5.33 Å². The first-order valence-corrected chi connectivity index (χ1v) is 7.67. The molecule has 1 aromatic carbocycles. The van der Waals surface area contributed by atoms with Crippen LogP contribution in [-0.2, 0) is 0 Å². The summed E-state index contributed by atoms with van der Waals surface area (Å²) < 4.78 is 1.34. The molecule has 0 spiro atoms. The third-order valence-electron chi connectivity index (χ3n) is 2.18. The molecule has 1 rings (SSSR count). The lowest BCUT2D eigenvalue weighted by molar-refractivity contribution is 1.22. The number of allylic oxidation sites excluding steroid dienone is 4. The Labute approximate surface area is 120 Å². The van der Waals surface area contributed by atoms with Gasteiger partial charge in [0, 0.05) is 8.91 Å². The molecule has 0 atom stereocenters. The van der Waals surface area contributed by atoms with Crippen molar-refractivity contribution in [2.45, 2.75) is 19.8 Å². The topological polar surface area (TPSA) is 0 Å². The standard InChI is InChI=1S/C14H16BrI/c1-2-7-14(16)13(10-6-11-15)12-8-4-3-5-9-12/h3-5,7-10H,2,6,11H2,1H3/b13-10-,14-7-. The molecule has 16 heavy (non-hydrogen) atoms. The summed E-state index contributed by atoms with van der Waals surface area (Å²) in [5.41, 5.74) is 2.65. The maximum Gasteiger partial charge on any atom is 0.0165 e. The zero-order chi connectivity index (χ0) is 11.8. The third-order valence-corrected chi connectivity index (χ3v) is 3.66. The van der Waals surface area contributed by atoms with Crippen LogP contribution in [0.4, 0.5) is 0 Å². The number of hydrogen-bond acceptors (Lipinski definition) is 0. The average molecular weight is 391 g/mol. The molecule has 0 aliphatic carbocycles. The molecule has 0 heterocycles. The maximum atomic E-state index is 3.47.